The number of aromatic nitrogens is 6. The summed E-state index contributed by atoms with van der Waals surface area (Å²) >= 11 is 0. The van der Waals surface area contributed by atoms with Crippen LogP contribution in [0.1, 0.15) is 68.2 Å². The molecule has 3 fully saturated rings. The van der Waals surface area contributed by atoms with Gasteiger partial charge in [0.25, 0.3) is 0 Å². The summed E-state index contributed by atoms with van der Waals surface area (Å²) in [6, 6.07) is 15.6. The predicted octanol–water partition coefficient (Wildman–Crippen LogP) is 5.79. The highest BCUT2D eigenvalue weighted by Gasteiger charge is 2.52. The molecule has 290 valence electrons. The third-order valence-electron chi connectivity index (χ3n) is 11.9. The molecule has 5 aromatic rings. The Hall–Kier alpha value is -5.89. The molecular weight excluding hydrogens is 711 g/mol. The Morgan fingerprint density at radius 2 is 1.43 bits per heavy atom. The van der Waals surface area contributed by atoms with Crippen molar-refractivity contribution >= 4 is 17.9 Å². The van der Waals surface area contributed by atoms with Crippen molar-refractivity contribution in [3.05, 3.63) is 96.9 Å². The molecule has 2 unspecified atom stereocenters. The van der Waals surface area contributed by atoms with E-state index in [2.05, 4.69) is 84.1 Å². The maximum atomic E-state index is 13.6. The van der Waals surface area contributed by atoms with Crippen LogP contribution in [0.15, 0.2) is 79.6 Å². The average molecular weight is 758 g/mol. The maximum Gasteiger partial charge on any atom is 0.407 e. The number of H-pyrrole nitrogens is 2. The van der Waals surface area contributed by atoms with Crippen molar-refractivity contribution in [2.45, 2.75) is 69.7 Å². The Kier molecular flexibility index (Phi) is 10.6. The fourth-order valence-corrected chi connectivity index (χ4v) is 8.98. The summed E-state index contributed by atoms with van der Waals surface area (Å²) in [4.78, 5) is 65.5. The number of carbonyl (C=O) groups is 3. The molecule has 2 aromatic carbocycles. The number of imidazole rings is 2. The van der Waals surface area contributed by atoms with Crippen LogP contribution in [0.4, 0.5) is 4.79 Å². The van der Waals surface area contributed by atoms with Gasteiger partial charge in [0.05, 0.1) is 49.0 Å². The Balaban J connectivity index is 0.918. The molecule has 0 radical (unpaired) electrons. The highest BCUT2D eigenvalue weighted by Crippen LogP contribution is 2.56. The minimum Gasteiger partial charge on any atom is -0.453 e. The SMILES string of the molecule is COC(=O)N[C@H](C(=O)N1CCC[C@H]1c1ncc(-c2ccc(-c3ccc(-c4cnc([C@H]5C6CCC(C6)[C@@H]5C(=O)NCc5cncnc5)[nH]4)cc3)cc2)[nH]1)[C@@H](C)OC. The summed E-state index contributed by atoms with van der Waals surface area (Å²) in [6.45, 7) is 2.71. The molecule has 3 aliphatic rings. The molecule has 8 rings (SSSR count). The number of hydrogen-bond donors (Lipinski definition) is 4. The zero-order valence-corrected chi connectivity index (χ0v) is 31.8. The number of methoxy groups -OCH3 is 2. The molecule has 14 heteroatoms. The van der Waals surface area contributed by atoms with E-state index in [1.807, 2.05) is 6.20 Å². The van der Waals surface area contributed by atoms with Gasteiger partial charge in [-0.1, -0.05) is 48.5 Å². The summed E-state index contributed by atoms with van der Waals surface area (Å²) in [7, 11) is 2.77. The summed E-state index contributed by atoms with van der Waals surface area (Å²) in [5.41, 5.74) is 6.84. The summed E-state index contributed by atoms with van der Waals surface area (Å²) in [5.74, 6) is 2.24. The molecule has 4 N–H and O–H groups in total. The number of hydrogen-bond acceptors (Lipinski definition) is 9. The van der Waals surface area contributed by atoms with Gasteiger partial charge in [-0.25, -0.2) is 24.7 Å². The van der Waals surface area contributed by atoms with Crippen LogP contribution in [-0.4, -0.2) is 85.6 Å². The zero-order valence-electron chi connectivity index (χ0n) is 31.8. The van der Waals surface area contributed by atoms with Crippen molar-refractivity contribution in [1.29, 1.82) is 0 Å². The number of likely N-dealkylation sites (tertiary alicyclic amines) is 1. The van der Waals surface area contributed by atoms with Crippen LogP contribution in [-0.2, 0) is 25.6 Å². The molecule has 2 aliphatic carbocycles. The third kappa shape index (κ3) is 7.40. The highest BCUT2D eigenvalue weighted by molar-refractivity contribution is 5.87. The van der Waals surface area contributed by atoms with E-state index < -0.39 is 18.2 Å². The van der Waals surface area contributed by atoms with Crippen molar-refractivity contribution in [2.24, 2.45) is 17.8 Å². The van der Waals surface area contributed by atoms with Gasteiger partial charge < -0.3 is 35.0 Å². The number of amides is 3. The molecule has 4 heterocycles. The van der Waals surface area contributed by atoms with E-state index in [1.54, 1.807) is 30.4 Å². The van der Waals surface area contributed by atoms with Crippen LogP contribution >= 0.6 is 0 Å². The zero-order chi connectivity index (χ0) is 38.8. The summed E-state index contributed by atoms with van der Waals surface area (Å²) < 4.78 is 10.2. The van der Waals surface area contributed by atoms with Crippen LogP contribution < -0.4 is 10.6 Å². The lowest BCUT2D eigenvalue weighted by atomic mass is 9.78. The Morgan fingerprint density at radius 3 is 2.07 bits per heavy atom. The second-order valence-corrected chi connectivity index (χ2v) is 15.1. The number of ether oxygens (including phenoxy) is 2. The number of nitrogens with zero attached hydrogens (tertiary/aromatic N) is 5. The second-order valence-electron chi connectivity index (χ2n) is 15.1. The van der Waals surface area contributed by atoms with Crippen LogP contribution in [0.5, 0.6) is 0 Å². The minimum atomic E-state index is -0.886. The molecule has 56 heavy (non-hydrogen) atoms. The number of aromatic amines is 2. The molecule has 3 aromatic heterocycles. The first-order valence-corrected chi connectivity index (χ1v) is 19.3. The molecular formula is C42H47N9O5. The topological polar surface area (TPSA) is 180 Å². The van der Waals surface area contributed by atoms with Crippen LogP contribution in [0.25, 0.3) is 33.6 Å². The number of alkyl carbamates (subject to hydrolysis) is 1. The fraction of sp³-hybridized carbons (Fsp3) is 0.405. The van der Waals surface area contributed by atoms with E-state index >= 15 is 0 Å². The average Bonchev–Trinajstić information content (AvgIpc) is 4.10. The lowest BCUT2D eigenvalue weighted by Gasteiger charge is -2.30. The molecule has 2 saturated carbocycles. The van der Waals surface area contributed by atoms with Crippen molar-refractivity contribution < 1.29 is 23.9 Å². The van der Waals surface area contributed by atoms with Gasteiger partial charge in [-0.15, -0.1) is 0 Å². The minimum absolute atomic E-state index is 0.0743. The van der Waals surface area contributed by atoms with Gasteiger partial charge in [-0.05, 0) is 73.1 Å². The summed E-state index contributed by atoms with van der Waals surface area (Å²) in [6.07, 6.45) is 12.3. The molecule has 14 nitrogen and oxygen atoms in total. The van der Waals surface area contributed by atoms with Gasteiger partial charge in [-0.3, -0.25) is 9.59 Å². The lowest BCUT2D eigenvalue weighted by molar-refractivity contribution is -0.137. The van der Waals surface area contributed by atoms with Crippen molar-refractivity contribution in [3.8, 4) is 33.6 Å². The van der Waals surface area contributed by atoms with Gasteiger partial charge in [0.15, 0.2) is 0 Å². The third-order valence-corrected chi connectivity index (χ3v) is 11.9. The largest absolute Gasteiger partial charge is 0.453 e. The van der Waals surface area contributed by atoms with E-state index in [-0.39, 0.29) is 29.7 Å². The van der Waals surface area contributed by atoms with E-state index in [4.69, 9.17) is 14.5 Å². The Labute approximate surface area is 325 Å². The first kappa shape index (κ1) is 37.1. The predicted molar refractivity (Wildman–Crippen MR) is 207 cm³/mol. The number of benzene rings is 2. The van der Waals surface area contributed by atoms with Gasteiger partial charge in [0, 0.05) is 44.1 Å². The monoisotopic (exact) mass is 757 g/mol. The molecule has 1 saturated heterocycles. The van der Waals surface area contributed by atoms with E-state index in [0.29, 0.717) is 30.7 Å². The van der Waals surface area contributed by atoms with Crippen molar-refractivity contribution in [1.82, 2.24) is 45.4 Å². The highest BCUT2D eigenvalue weighted by atomic mass is 16.5. The molecule has 1 aliphatic heterocycles. The van der Waals surface area contributed by atoms with Crippen LogP contribution in [0.2, 0.25) is 0 Å². The number of rotatable bonds is 12. The van der Waals surface area contributed by atoms with Gasteiger partial charge in [-0.2, -0.15) is 0 Å². The normalized spacial score (nSPS) is 22.5. The quantitative estimate of drug-likeness (QED) is 0.123. The van der Waals surface area contributed by atoms with E-state index in [9.17, 15) is 14.4 Å². The molecule has 0 spiro atoms. The van der Waals surface area contributed by atoms with E-state index in [0.717, 1.165) is 77.1 Å². The Bertz CT molecular complexity index is 2150. The number of carbonyl (C=O) groups excluding carboxylic acids is 3. The first-order chi connectivity index (χ1) is 27.3. The van der Waals surface area contributed by atoms with Crippen LogP contribution in [0.3, 0.4) is 0 Å². The maximum absolute atomic E-state index is 13.6. The number of nitrogens with one attached hydrogen (secondary N) is 4. The second kappa shape index (κ2) is 16.1. The molecule has 2 bridgehead atoms. The van der Waals surface area contributed by atoms with Gasteiger partial charge in [0.1, 0.15) is 24.0 Å². The lowest BCUT2D eigenvalue weighted by Crippen LogP contribution is -2.54. The molecule has 3 amide bonds. The van der Waals surface area contributed by atoms with E-state index in [1.165, 1.54) is 20.5 Å². The first-order valence-electron chi connectivity index (χ1n) is 19.3. The van der Waals surface area contributed by atoms with Gasteiger partial charge in [0.2, 0.25) is 11.8 Å². The Morgan fingerprint density at radius 1 is 0.821 bits per heavy atom. The van der Waals surface area contributed by atoms with Crippen molar-refractivity contribution in [2.75, 3.05) is 20.8 Å². The van der Waals surface area contributed by atoms with Gasteiger partial charge >= 0.3 is 6.09 Å². The standard InChI is InChI=1S/C42H47N9O5/c1-24(55-2)37(50-42(54)56-3)41(53)51-16-4-5-34(51)38-45-21-32(48-38)28-10-6-26(7-11-28)27-8-12-29(13-9-27)33-22-46-39(49-33)35-30-14-15-31(17-30)36(35)40(52)47-20-25-18-43-23-44-19-25/h6-13,18-19,21-24,30-31,34-37H,4-5,14-17,20H2,1-3H3,(H,45,48)(H,46,49)(H,47,52)(H,50,54)/t24-,30?,31?,34+,35+,36+,37+/m1/s1. The number of fused-ring (bicyclic) bond motifs is 2. The molecule has 7 atom stereocenters. The smallest absolute Gasteiger partial charge is 0.407 e. The van der Waals surface area contributed by atoms with Crippen molar-refractivity contribution in [3.63, 3.8) is 0 Å². The fourth-order valence-electron chi connectivity index (χ4n) is 8.98. The summed E-state index contributed by atoms with van der Waals surface area (Å²) in [5, 5.41) is 5.76. The van der Waals surface area contributed by atoms with Crippen LogP contribution in [0, 0.1) is 17.8 Å².